The Morgan fingerprint density at radius 3 is 2.77 bits per heavy atom. The van der Waals surface area contributed by atoms with E-state index in [1.807, 2.05) is 0 Å². The highest BCUT2D eigenvalue weighted by atomic mass is 32.1. The standard InChI is InChI=1S/C10H16N2S/c1-3-10(6-11-7-10)4-9-5-13-8(2)12-9/h5,11H,3-4,6-7H2,1-2H3. The second-order valence-electron chi connectivity index (χ2n) is 3.99. The van der Waals surface area contributed by atoms with Gasteiger partial charge in [-0.2, -0.15) is 0 Å². The van der Waals surface area contributed by atoms with Crippen molar-refractivity contribution in [3.63, 3.8) is 0 Å². The van der Waals surface area contributed by atoms with Crippen molar-refractivity contribution in [2.45, 2.75) is 26.7 Å². The van der Waals surface area contributed by atoms with E-state index in [4.69, 9.17) is 0 Å². The second-order valence-corrected chi connectivity index (χ2v) is 5.05. The number of thiazole rings is 1. The predicted molar refractivity (Wildman–Crippen MR) is 56.1 cm³/mol. The minimum absolute atomic E-state index is 0.514. The summed E-state index contributed by atoms with van der Waals surface area (Å²) >= 11 is 1.76. The Hall–Kier alpha value is -0.410. The van der Waals surface area contributed by atoms with E-state index in [1.54, 1.807) is 11.3 Å². The van der Waals surface area contributed by atoms with E-state index in [1.165, 1.54) is 30.2 Å². The highest BCUT2D eigenvalue weighted by molar-refractivity contribution is 7.09. The van der Waals surface area contributed by atoms with Gasteiger partial charge in [-0.25, -0.2) is 4.98 Å². The number of nitrogens with zero attached hydrogens (tertiary/aromatic N) is 1. The molecule has 0 bridgehead atoms. The summed E-state index contributed by atoms with van der Waals surface area (Å²) in [6.07, 6.45) is 2.41. The number of hydrogen-bond acceptors (Lipinski definition) is 3. The van der Waals surface area contributed by atoms with E-state index in [9.17, 15) is 0 Å². The summed E-state index contributed by atoms with van der Waals surface area (Å²) in [7, 11) is 0. The monoisotopic (exact) mass is 196 g/mol. The lowest BCUT2D eigenvalue weighted by Crippen LogP contribution is -2.54. The molecule has 1 aliphatic rings. The first-order valence-corrected chi connectivity index (χ1v) is 5.74. The molecule has 2 nitrogen and oxygen atoms in total. The van der Waals surface area contributed by atoms with E-state index < -0.39 is 0 Å². The van der Waals surface area contributed by atoms with Crippen molar-refractivity contribution < 1.29 is 0 Å². The van der Waals surface area contributed by atoms with Crippen LogP contribution in [-0.2, 0) is 6.42 Å². The van der Waals surface area contributed by atoms with Crippen molar-refractivity contribution >= 4 is 11.3 Å². The smallest absolute Gasteiger partial charge is 0.0897 e. The molecule has 0 saturated carbocycles. The molecule has 0 radical (unpaired) electrons. The van der Waals surface area contributed by atoms with Crippen LogP contribution in [0.15, 0.2) is 5.38 Å². The van der Waals surface area contributed by atoms with Gasteiger partial charge in [0.05, 0.1) is 10.7 Å². The molecule has 0 aliphatic carbocycles. The van der Waals surface area contributed by atoms with E-state index in [-0.39, 0.29) is 0 Å². The SMILES string of the molecule is CCC1(Cc2csc(C)n2)CNC1. The summed E-state index contributed by atoms with van der Waals surface area (Å²) in [6.45, 7) is 6.69. The fourth-order valence-electron chi connectivity index (χ4n) is 1.85. The van der Waals surface area contributed by atoms with E-state index in [0.717, 1.165) is 6.42 Å². The van der Waals surface area contributed by atoms with Crippen LogP contribution in [-0.4, -0.2) is 18.1 Å². The van der Waals surface area contributed by atoms with Gasteiger partial charge in [0.15, 0.2) is 0 Å². The summed E-state index contributed by atoms with van der Waals surface area (Å²) < 4.78 is 0. The van der Waals surface area contributed by atoms with Gasteiger partial charge < -0.3 is 5.32 Å². The van der Waals surface area contributed by atoms with Crippen molar-refractivity contribution in [3.8, 4) is 0 Å². The van der Waals surface area contributed by atoms with Crippen molar-refractivity contribution in [1.82, 2.24) is 10.3 Å². The van der Waals surface area contributed by atoms with Crippen LogP contribution in [0.5, 0.6) is 0 Å². The minimum atomic E-state index is 0.514. The quantitative estimate of drug-likeness (QED) is 0.799. The van der Waals surface area contributed by atoms with Crippen LogP contribution in [0.4, 0.5) is 0 Å². The zero-order valence-corrected chi connectivity index (χ0v) is 9.08. The zero-order valence-electron chi connectivity index (χ0n) is 8.26. The first kappa shape index (κ1) is 9.16. The topological polar surface area (TPSA) is 24.9 Å². The lowest BCUT2D eigenvalue weighted by Gasteiger charge is -2.41. The first-order chi connectivity index (χ1) is 6.24. The first-order valence-electron chi connectivity index (χ1n) is 4.86. The highest BCUT2D eigenvalue weighted by Gasteiger charge is 2.35. The molecular weight excluding hydrogens is 180 g/mol. The number of nitrogens with one attached hydrogen (secondary N) is 1. The molecule has 1 saturated heterocycles. The molecule has 13 heavy (non-hydrogen) atoms. The summed E-state index contributed by atoms with van der Waals surface area (Å²) in [5.74, 6) is 0. The minimum Gasteiger partial charge on any atom is -0.316 e. The summed E-state index contributed by atoms with van der Waals surface area (Å²) in [6, 6.07) is 0. The van der Waals surface area contributed by atoms with Crippen molar-refractivity contribution in [1.29, 1.82) is 0 Å². The molecule has 0 amide bonds. The van der Waals surface area contributed by atoms with E-state index >= 15 is 0 Å². The van der Waals surface area contributed by atoms with Gasteiger partial charge >= 0.3 is 0 Å². The van der Waals surface area contributed by atoms with Crippen LogP contribution in [0.25, 0.3) is 0 Å². The molecule has 0 atom stereocenters. The molecule has 0 spiro atoms. The maximum absolute atomic E-state index is 4.52. The van der Waals surface area contributed by atoms with Gasteiger partial charge in [-0.15, -0.1) is 11.3 Å². The molecule has 72 valence electrons. The Morgan fingerprint density at radius 1 is 1.62 bits per heavy atom. The lowest BCUT2D eigenvalue weighted by atomic mass is 9.75. The Labute approximate surface area is 83.4 Å². The van der Waals surface area contributed by atoms with Crippen molar-refractivity contribution in [3.05, 3.63) is 16.1 Å². The van der Waals surface area contributed by atoms with Gasteiger partial charge in [0.2, 0.25) is 0 Å². The fraction of sp³-hybridized carbons (Fsp3) is 0.700. The average Bonchev–Trinajstić information content (AvgIpc) is 2.44. The van der Waals surface area contributed by atoms with Crippen LogP contribution < -0.4 is 5.32 Å². The van der Waals surface area contributed by atoms with Crippen LogP contribution in [0.1, 0.15) is 24.0 Å². The van der Waals surface area contributed by atoms with Crippen LogP contribution >= 0.6 is 11.3 Å². The molecule has 0 aromatic carbocycles. The maximum atomic E-state index is 4.52. The molecule has 0 unspecified atom stereocenters. The Kier molecular flexibility index (Phi) is 2.39. The number of hydrogen-bond donors (Lipinski definition) is 1. The highest BCUT2D eigenvalue weighted by Crippen LogP contribution is 2.31. The molecular formula is C10H16N2S. The van der Waals surface area contributed by atoms with E-state index in [2.05, 4.69) is 29.5 Å². The van der Waals surface area contributed by atoms with Crippen LogP contribution in [0.3, 0.4) is 0 Å². The van der Waals surface area contributed by atoms with Gasteiger partial charge in [0, 0.05) is 23.9 Å². The third-order valence-electron chi connectivity index (χ3n) is 2.97. The molecule has 1 N–H and O–H groups in total. The van der Waals surface area contributed by atoms with Gasteiger partial charge in [-0.05, 0) is 19.8 Å². The number of aromatic nitrogens is 1. The van der Waals surface area contributed by atoms with E-state index in [0.29, 0.717) is 5.41 Å². The predicted octanol–water partition coefficient (Wildman–Crippen LogP) is 1.99. The average molecular weight is 196 g/mol. The summed E-state index contributed by atoms with van der Waals surface area (Å²) in [5, 5.41) is 6.74. The summed E-state index contributed by atoms with van der Waals surface area (Å²) in [5.41, 5.74) is 1.80. The molecule has 1 aliphatic heterocycles. The van der Waals surface area contributed by atoms with Gasteiger partial charge in [-0.1, -0.05) is 6.92 Å². The van der Waals surface area contributed by atoms with Gasteiger partial charge in [0.25, 0.3) is 0 Å². The molecule has 3 heteroatoms. The summed E-state index contributed by atoms with van der Waals surface area (Å²) in [4.78, 5) is 4.52. The molecule has 1 aromatic rings. The van der Waals surface area contributed by atoms with Crippen molar-refractivity contribution in [2.24, 2.45) is 5.41 Å². The van der Waals surface area contributed by atoms with Crippen molar-refractivity contribution in [2.75, 3.05) is 13.1 Å². The Morgan fingerprint density at radius 2 is 2.38 bits per heavy atom. The Bertz CT molecular complexity index is 283. The van der Waals surface area contributed by atoms with Crippen LogP contribution in [0.2, 0.25) is 0 Å². The zero-order chi connectivity index (χ0) is 9.31. The number of aryl methyl sites for hydroxylation is 1. The fourth-order valence-corrected chi connectivity index (χ4v) is 2.46. The molecule has 2 heterocycles. The van der Waals surface area contributed by atoms with Gasteiger partial charge in [0.1, 0.15) is 0 Å². The normalized spacial score (nSPS) is 19.8. The largest absolute Gasteiger partial charge is 0.316 e. The number of rotatable bonds is 3. The van der Waals surface area contributed by atoms with Gasteiger partial charge in [-0.3, -0.25) is 0 Å². The molecule has 1 fully saturated rings. The maximum Gasteiger partial charge on any atom is 0.0897 e. The molecule has 1 aromatic heterocycles. The lowest BCUT2D eigenvalue weighted by molar-refractivity contribution is 0.159. The second kappa shape index (κ2) is 3.39. The third kappa shape index (κ3) is 1.76. The third-order valence-corrected chi connectivity index (χ3v) is 3.80. The van der Waals surface area contributed by atoms with Crippen LogP contribution in [0, 0.1) is 12.3 Å². The molecule has 2 rings (SSSR count). The Balaban J connectivity index is 2.04.